The molecule has 3 aliphatic rings. The van der Waals surface area contributed by atoms with Gasteiger partial charge in [0, 0.05) is 54.0 Å². The van der Waals surface area contributed by atoms with Crippen LogP contribution in [-0.2, 0) is 14.3 Å². The number of nitro benzene ring substituents is 1. The Hall–Kier alpha value is -3.40. The van der Waals surface area contributed by atoms with Gasteiger partial charge in [-0.25, -0.2) is 0 Å². The highest BCUT2D eigenvalue weighted by atomic mass is 16.6. The summed E-state index contributed by atoms with van der Waals surface area (Å²) in [6.07, 6.45) is 1.68. The maximum atomic E-state index is 13.6. The van der Waals surface area contributed by atoms with Crippen molar-refractivity contribution >= 4 is 17.4 Å². The first-order valence-corrected chi connectivity index (χ1v) is 11.1. The Labute approximate surface area is 191 Å². The van der Waals surface area contributed by atoms with E-state index < -0.39 is 22.3 Å². The van der Waals surface area contributed by atoms with Crippen molar-refractivity contribution in [3.63, 3.8) is 0 Å². The first-order valence-electron chi connectivity index (χ1n) is 11.1. The molecule has 1 saturated heterocycles. The van der Waals surface area contributed by atoms with Gasteiger partial charge >= 0.3 is 5.69 Å². The van der Waals surface area contributed by atoms with Gasteiger partial charge in [0.25, 0.3) is 5.91 Å². The van der Waals surface area contributed by atoms with E-state index >= 15 is 0 Å². The predicted octanol–water partition coefficient (Wildman–Crippen LogP) is 2.53. The summed E-state index contributed by atoms with van der Waals surface area (Å²) in [7, 11) is 0. The minimum Gasteiger partial charge on any atom is -0.500 e. The van der Waals surface area contributed by atoms with Crippen LogP contribution >= 0.6 is 0 Å². The molecule has 33 heavy (non-hydrogen) atoms. The number of morpholine rings is 1. The second kappa shape index (κ2) is 9.22. The Morgan fingerprint density at radius 3 is 2.73 bits per heavy atom. The lowest BCUT2D eigenvalue weighted by Crippen LogP contribution is -2.44. The molecule has 0 spiro atoms. The Kier molecular flexibility index (Phi) is 6.37. The standard InChI is InChI=1S/C23H27N3O7/c1-3-33-18-12-14(11-16(22(18)28)26(30)31)20-19(23(29)25-7-9-32-10-8-25)13(2)24-15-5-4-6-17(27)21(15)20/h11-12,20,24,28H,3-10H2,1-2H3. The molecule has 2 heterocycles. The van der Waals surface area contributed by atoms with Crippen molar-refractivity contribution in [3.05, 3.63) is 50.4 Å². The zero-order valence-corrected chi connectivity index (χ0v) is 18.7. The highest BCUT2D eigenvalue weighted by Crippen LogP contribution is 2.47. The minimum atomic E-state index is -0.803. The number of amides is 1. The molecule has 2 N–H and O–H groups in total. The number of phenols is 1. The number of nitrogens with one attached hydrogen (secondary N) is 1. The highest BCUT2D eigenvalue weighted by molar-refractivity contribution is 6.05. The number of hydrogen-bond donors (Lipinski definition) is 2. The average molecular weight is 457 g/mol. The molecule has 1 amide bonds. The van der Waals surface area contributed by atoms with Crippen LogP contribution in [0.5, 0.6) is 11.5 Å². The van der Waals surface area contributed by atoms with Gasteiger partial charge in [0.1, 0.15) is 0 Å². The van der Waals surface area contributed by atoms with Gasteiger partial charge in [-0.15, -0.1) is 0 Å². The van der Waals surface area contributed by atoms with E-state index in [0.29, 0.717) is 68.0 Å². The lowest BCUT2D eigenvalue weighted by atomic mass is 9.74. The van der Waals surface area contributed by atoms with E-state index in [4.69, 9.17) is 9.47 Å². The summed E-state index contributed by atoms with van der Waals surface area (Å²) >= 11 is 0. The van der Waals surface area contributed by atoms with Gasteiger partial charge < -0.3 is 24.8 Å². The van der Waals surface area contributed by atoms with Crippen LogP contribution < -0.4 is 10.1 Å². The molecule has 10 heteroatoms. The van der Waals surface area contributed by atoms with Gasteiger partial charge in [-0.1, -0.05) is 0 Å². The number of dihydropyridines is 1. The van der Waals surface area contributed by atoms with Crippen LogP contribution in [-0.4, -0.2) is 59.5 Å². The molecule has 0 aromatic heterocycles. The summed E-state index contributed by atoms with van der Waals surface area (Å²) in [5.74, 6) is -1.77. The van der Waals surface area contributed by atoms with Gasteiger partial charge in [-0.3, -0.25) is 19.7 Å². The largest absolute Gasteiger partial charge is 0.500 e. The quantitative estimate of drug-likeness (QED) is 0.509. The van der Waals surface area contributed by atoms with Crippen LogP contribution in [0.4, 0.5) is 5.69 Å². The normalized spacial score (nSPS) is 21.0. The molecule has 0 bridgehead atoms. The molecule has 0 radical (unpaired) electrons. The number of nitrogens with zero attached hydrogens (tertiary/aromatic N) is 2. The fourth-order valence-electron chi connectivity index (χ4n) is 4.72. The number of carbonyl (C=O) groups is 2. The third-order valence-electron chi connectivity index (χ3n) is 6.21. The number of nitro groups is 1. The van der Waals surface area contributed by atoms with Crippen molar-refractivity contribution in [3.8, 4) is 11.5 Å². The summed E-state index contributed by atoms with van der Waals surface area (Å²) in [6, 6.07) is 2.73. The second-order valence-corrected chi connectivity index (χ2v) is 8.25. The van der Waals surface area contributed by atoms with Crippen molar-refractivity contribution < 1.29 is 29.1 Å². The summed E-state index contributed by atoms with van der Waals surface area (Å²) < 4.78 is 10.8. The predicted molar refractivity (Wildman–Crippen MR) is 118 cm³/mol. The van der Waals surface area contributed by atoms with Crippen LogP contribution in [0.2, 0.25) is 0 Å². The highest BCUT2D eigenvalue weighted by Gasteiger charge is 2.41. The van der Waals surface area contributed by atoms with Gasteiger partial charge in [0.15, 0.2) is 11.5 Å². The van der Waals surface area contributed by atoms with Crippen molar-refractivity contribution in [1.82, 2.24) is 10.2 Å². The number of phenolic OH excluding ortho intramolecular Hbond substituents is 1. The number of benzene rings is 1. The molecule has 1 aliphatic carbocycles. The fraction of sp³-hybridized carbons (Fsp3) is 0.478. The molecule has 1 unspecified atom stereocenters. The van der Waals surface area contributed by atoms with Crippen LogP contribution in [0, 0.1) is 10.1 Å². The number of allylic oxidation sites excluding steroid dienone is 3. The van der Waals surface area contributed by atoms with E-state index in [-0.39, 0.29) is 24.0 Å². The summed E-state index contributed by atoms with van der Waals surface area (Å²) in [4.78, 5) is 39.4. The van der Waals surface area contributed by atoms with E-state index in [0.717, 1.165) is 5.70 Å². The maximum absolute atomic E-state index is 13.6. The SMILES string of the molecule is CCOc1cc(C2C(C(=O)N3CCOCC3)=C(C)NC3=C2C(=O)CCC3)cc([N+](=O)[O-])c1O. The Balaban J connectivity index is 1.91. The average Bonchev–Trinajstić information content (AvgIpc) is 2.80. The molecule has 1 atom stereocenters. The Bertz CT molecular complexity index is 1070. The first-order chi connectivity index (χ1) is 15.8. The van der Waals surface area contributed by atoms with E-state index in [2.05, 4.69) is 5.32 Å². The second-order valence-electron chi connectivity index (χ2n) is 8.25. The minimum absolute atomic E-state index is 0.0542. The van der Waals surface area contributed by atoms with Gasteiger partial charge in [-0.05, 0) is 38.3 Å². The molecular weight excluding hydrogens is 430 g/mol. The summed E-state index contributed by atoms with van der Waals surface area (Å²) in [6.45, 7) is 5.34. The van der Waals surface area contributed by atoms with Crippen LogP contribution in [0.1, 0.15) is 44.6 Å². The molecule has 1 aromatic carbocycles. The molecule has 176 valence electrons. The lowest BCUT2D eigenvalue weighted by Gasteiger charge is -2.37. The lowest BCUT2D eigenvalue weighted by molar-refractivity contribution is -0.386. The molecule has 1 aromatic rings. The summed E-state index contributed by atoms with van der Waals surface area (Å²) in [5, 5.41) is 25.3. The molecular formula is C23H27N3O7. The van der Waals surface area contributed by atoms with Crippen molar-refractivity contribution in [1.29, 1.82) is 0 Å². The molecule has 4 rings (SSSR count). The van der Waals surface area contributed by atoms with E-state index in [1.165, 1.54) is 12.1 Å². The number of Topliss-reactive ketones (excluding diaryl/α,β-unsaturated/α-hetero) is 1. The number of hydrogen-bond acceptors (Lipinski definition) is 8. The van der Waals surface area contributed by atoms with E-state index in [1.807, 2.05) is 0 Å². The summed E-state index contributed by atoms with van der Waals surface area (Å²) in [5.41, 5.74) is 2.00. The van der Waals surface area contributed by atoms with E-state index in [9.17, 15) is 24.8 Å². The number of ketones is 1. The first kappa shape index (κ1) is 22.8. The fourth-order valence-corrected chi connectivity index (χ4v) is 4.72. The number of aromatic hydroxyl groups is 1. The topological polar surface area (TPSA) is 131 Å². The Morgan fingerprint density at radius 1 is 1.33 bits per heavy atom. The maximum Gasteiger partial charge on any atom is 0.314 e. The monoisotopic (exact) mass is 457 g/mol. The number of rotatable bonds is 5. The van der Waals surface area contributed by atoms with Crippen molar-refractivity contribution in [2.45, 2.75) is 39.0 Å². The number of carbonyl (C=O) groups excluding carboxylic acids is 2. The van der Waals surface area contributed by atoms with Crippen LogP contribution in [0.3, 0.4) is 0 Å². The van der Waals surface area contributed by atoms with Gasteiger partial charge in [-0.2, -0.15) is 0 Å². The zero-order chi connectivity index (χ0) is 23.7. The molecule has 10 nitrogen and oxygen atoms in total. The van der Waals surface area contributed by atoms with Crippen molar-refractivity contribution in [2.24, 2.45) is 0 Å². The zero-order valence-electron chi connectivity index (χ0n) is 18.7. The number of ether oxygens (including phenoxy) is 2. The Morgan fingerprint density at radius 2 is 2.06 bits per heavy atom. The van der Waals surface area contributed by atoms with Crippen LogP contribution in [0.25, 0.3) is 0 Å². The van der Waals surface area contributed by atoms with E-state index in [1.54, 1.807) is 18.7 Å². The molecule has 2 aliphatic heterocycles. The molecule has 0 saturated carbocycles. The van der Waals surface area contributed by atoms with Crippen LogP contribution in [0.15, 0.2) is 34.7 Å². The molecule has 1 fully saturated rings. The third-order valence-corrected chi connectivity index (χ3v) is 6.21. The third kappa shape index (κ3) is 4.18. The van der Waals surface area contributed by atoms with Gasteiger partial charge in [0.05, 0.1) is 24.7 Å². The smallest absolute Gasteiger partial charge is 0.314 e. The van der Waals surface area contributed by atoms with Gasteiger partial charge in [0.2, 0.25) is 5.75 Å². The van der Waals surface area contributed by atoms with Crippen molar-refractivity contribution in [2.75, 3.05) is 32.9 Å².